The molecule has 25 heavy (non-hydrogen) atoms. The van der Waals surface area contributed by atoms with Gasteiger partial charge in [0.05, 0.1) is 5.92 Å². The normalized spacial score (nSPS) is 23.2. The number of pyridine rings is 1. The second kappa shape index (κ2) is 5.72. The number of aryl methyl sites for hydroxylation is 1. The van der Waals surface area contributed by atoms with Crippen LogP contribution < -0.4 is 5.56 Å². The van der Waals surface area contributed by atoms with Gasteiger partial charge < -0.3 is 15.0 Å². The van der Waals surface area contributed by atoms with Crippen molar-refractivity contribution in [3.8, 4) is 0 Å². The summed E-state index contributed by atoms with van der Waals surface area (Å²) in [6, 6.07) is 7.18. The number of hydrogen-bond acceptors (Lipinski definition) is 3. The number of benzene rings is 1. The van der Waals surface area contributed by atoms with Gasteiger partial charge in [0.15, 0.2) is 0 Å². The minimum Gasteiger partial charge on any atom is -0.481 e. The summed E-state index contributed by atoms with van der Waals surface area (Å²) in [6.07, 6.45) is 2.09. The van der Waals surface area contributed by atoms with Crippen LogP contribution in [0.1, 0.15) is 28.9 Å². The summed E-state index contributed by atoms with van der Waals surface area (Å²) in [6.45, 7) is 2.48. The van der Waals surface area contributed by atoms with Crippen molar-refractivity contribution in [3.63, 3.8) is 0 Å². The number of carbonyl (C=O) groups excluding carboxylic acids is 1. The molecule has 1 aromatic heterocycles. The minimum atomic E-state index is -0.837. The number of H-pyrrole nitrogens is 1. The number of carbonyl (C=O) groups is 2. The van der Waals surface area contributed by atoms with Crippen molar-refractivity contribution in [1.29, 1.82) is 0 Å². The quantitative estimate of drug-likeness (QED) is 0.894. The highest BCUT2D eigenvalue weighted by Crippen LogP contribution is 2.44. The number of rotatable bonds is 3. The molecule has 2 fully saturated rings. The van der Waals surface area contributed by atoms with E-state index >= 15 is 0 Å². The van der Waals surface area contributed by atoms with Crippen LogP contribution in [0.2, 0.25) is 0 Å². The first kappa shape index (κ1) is 15.9. The van der Waals surface area contributed by atoms with E-state index in [1.165, 1.54) is 0 Å². The topological polar surface area (TPSA) is 90.5 Å². The fourth-order valence-electron chi connectivity index (χ4n) is 4.05. The van der Waals surface area contributed by atoms with Crippen molar-refractivity contribution >= 4 is 22.6 Å². The summed E-state index contributed by atoms with van der Waals surface area (Å²) in [7, 11) is 0. The fourth-order valence-corrected chi connectivity index (χ4v) is 4.05. The Morgan fingerprint density at radius 3 is 2.48 bits per heavy atom. The largest absolute Gasteiger partial charge is 0.481 e. The van der Waals surface area contributed by atoms with Gasteiger partial charge in [-0.25, -0.2) is 0 Å². The van der Waals surface area contributed by atoms with E-state index in [4.69, 9.17) is 0 Å². The number of hydrogen-bond donors (Lipinski definition) is 2. The molecule has 2 atom stereocenters. The number of amides is 1. The number of aromatic amines is 1. The molecule has 6 heteroatoms. The minimum absolute atomic E-state index is 0.0222. The Labute approximate surface area is 144 Å². The van der Waals surface area contributed by atoms with E-state index in [0.717, 1.165) is 23.8 Å². The molecular formula is C19H20N2O4. The second-order valence-corrected chi connectivity index (χ2v) is 7.16. The van der Waals surface area contributed by atoms with Gasteiger partial charge in [-0.1, -0.05) is 18.2 Å². The first-order valence-electron chi connectivity index (χ1n) is 8.61. The number of likely N-dealkylation sites (tertiary alicyclic amines) is 1. The number of carboxylic acids is 1. The standard InChI is InChI=1S/C19H20N2O4/c1-10-12-4-2-3-5-13(12)17(22)20-16(10)18(23)21-8-14(11-6-7-11)15(9-21)19(24)25/h2-5,11,14-15H,6-9H2,1H3,(H,20,22)(H,24,25)/t14-,15+/m0/s1. The summed E-state index contributed by atoms with van der Waals surface area (Å²) in [5.74, 6) is -1.20. The lowest BCUT2D eigenvalue weighted by Gasteiger charge is -2.18. The first-order valence-corrected chi connectivity index (χ1v) is 8.61. The van der Waals surface area contributed by atoms with Gasteiger partial charge in [-0.15, -0.1) is 0 Å². The summed E-state index contributed by atoms with van der Waals surface area (Å²) in [5, 5.41) is 10.8. The summed E-state index contributed by atoms with van der Waals surface area (Å²) in [5.41, 5.74) is 0.698. The van der Waals surface area contributed by atoms with Crippen LogP contribution in [-0.2, 0) is 4.79 Å². The van der Waals surface area contributed by atoms with Crippen LogP contribution in [0.3, 0.4) is 0 Å². The lowest BCUT2D eigenvalue weighted by atomic mass is 9.92. The number of aliphatic carboxylic acids is 1. The molecule has 1 saturated heterocycles. The molecule has 0 bridgehead atoms. The molecule has 1 amide bonds. The van der Waals surface area contributed by atoms with Crippen molar-refractivity contribution < 1.29 is 14.7 Å². The first-order chi connectivity index (χ1) is 12.0. The van der Waals surface area contributed by atoms with E-state index in [1.54, 1.807) is 17.0 Å². The maximum atomic E-state index is 13.0. The van der Waals surface area contributed by atoms with Crippen LogP contribution in [0, 0.1) is 24.7 Å². The molecule has 1 aliphatic heterocycles. The average molecular weight is 340 g/mol. The van der Waals surface area contributed by atoms with Crippen LogP contribution in [-0.4, -0.2) is 40.0 Å². The van der Waals surface area contributed by atoms with Gasteiger partial charge in [-0.2, -0.15) is 0 Å². The zero-order valence-electron chi connectivity index (χ0n) is 14.0. The van der Waals surface area contributed by atoms with Crippen molar-refractivity contribution in [1.82, 2.24) is 9.88 Å². The van der Waals surface area contributed by atoms with Crippen LogP contribution in [0.4, 0.5) is 0 Å². The molecule has 1 aromatic carbocycles. The van der Waals surface area contributed by atoms with Crippen molar-refractivity contribution in [2.45, 2.75) is 19.8 Å². The lowest BCUT2D eigenvalue weighted by Crippen LogP contribution is -2.32. The lowest BCUT2D eigenvalue weighted by molar-refractivity contribution is -0.142. The molecule has 1 saturated carbocycles. The van der Waals surface area contributed by atoms with Crippen LogP contribution >= 0.6 is 0 Å². The molecule has 0 spiro atoms. The zero-order chi connectivity index (χ0) is 17.7. The van der Waals surface area contributed by atoms with Crippen molar-refractivity contribution in [2.75, 3.05) is 13.1 Å². The van der Waals surface area contributed by atoms with E-state index in [1.807, 2.05) is 19.1 Å². The van der Waals surface area contributed by atoms with E-state index in [0.29, 0.717) is 17.8 Å². The number of nitrogens with zero attached hydrogens (tertiary/aromatic N) is 1. The number of aromatic nitrogens is 1. The predicted molar refractivity (Wildman–Crippen MR) is 92.5 cm³/mol. The van der Waals surface area contributed by atoms with Crippen molar-refractivity contribution in [2.24, 2.45) is 17.8 Å². The Morgan fingerprint density at radius 2 is 1.84 bits per heavy atom. The summed E-state index contributed by atoms with van der Waals surface area (Å²) in [4.78, 5) is 41.1. The van der Waals surface area contributed by atoms with Gasteiger partial charge in [0.2, 0.25) is 0 Å². The predicted octanol–water partition coefficient (Wildman–Crippen LogP) is 2.02. The third-order valence-electron chi connectivity index (χ3n) is 5.60. The van der Waals surface area contributed by atoms with Crippen LogP contribution in [0.15, 0.2) is 29.1 Å². The van der Waals surface area contributed by atoms with Crippen LogP contribution in [0.5, 0.6) is 0 Å². The maximum absolute atomic E-state index is 13.0. The Bertz CT molecular complexity index is 929. The summed E-state index contributed by atoms with van der Waals surface area (Å²) >= 11 is 0. The molecule has 6 nitrogen and oxygen atoms in total. The molecule has 4 rings (SSSR count). The molecule has 2 N–H and O–H groups in total. The van der Waals surface area contributed by atoms with Gasteiger partial charge in [-0.05, 0) is 48.6 Å². The van der Waals surface area contributed by atoms with E-state index in [2.05, 4.69) is 4.98 Å². The smallest absolute Gasteiger partial charge is 0.308 e. The third kappa shape index (κ3) is 2.62. The summed E-state index contributed by atoms with van der Waals surface area (Å²) < 4.78 is 0. The van der Waals surface area contributed by atoms with Crippen LogP contribution in [0.25, 0.3) is 10.8 Å². The molecule has 0 radical (unpaired) electrons. The average Bonchev–Trinajstić information content (AvgIpc) is 3.35. The fraction of sp³-hybridized carbons (Fsp3) is 0.421. The van der Waals surface area contributed by atoms with E-state index in [-0.39, 0.29) is 29.6 Å². The number of fused-ring (bicyclic) bond motifs is 1. The maximum Gasteiger partial charge on any atom is 0.308 e. The molecular weight excluding hydrogens is 320 g/mol. The molecule has 2 heterocycles. The van der Waals surface area contributed by atoms with Crippen molar-refractivity contribution in [3.05, 3.63) is 45.9 Å². The second-order valence-electron chi connectivity index (χ2n) is 7.16. The number of carboxylic acid groups (broad SMARTS) is 1. The monoisotopic (exact) mass is 340 g/mol. The molecule has 130 valence electrons. The molecule has 0 unspecified atom stereocenters. The van der Waals surface area contributed by atoms with Gasteiger partial charge in [0, 0.05) is 18.5 Å². The van der Waals surface area contributed by atoms with E-state index in [9.17, 15) is 19.5 Å². The highest BCUT2D eigenvalue weighted by molar-refractivity contribution is 5.99. The Hall–Kier alpha value is -2.63. The van der Waals surface area contributed by atoms with Gasteiger partial charge >= 0.3 is 5.97 Å². The highest BCUT2D eigenvalue weighted by atomic mass is 16.4. The highest BCUT2D eigenvalue weighted by Gasteiger charge is 2.47. The Balaban J connectivity index is 1.70. The Kier molecular flexibility index (Phi) is 3.63. The number of nitrogens with one attached hydrogen (secondary N) is 1. The van der Waals surface area contributed by atoms with Gasteiger partial charge in [0.1, 0.15) is 5.69 Å². The SMILES string of the molecule is Cc1c(C(=O)N2C[C@@H](C(=O)O)[C@H](C3CC3)C2)[nH]c(=O)c2ccccc12. The Morgan fingerprint density at radius 1 is 1.16 bits per heavy atom. The van der Waals surface area contributed by atoms with E-state index < -0.39 is 11.9 Å². The molecule has 1 aliphatic carbocycles. The van der Waals surface area contributed by atoms with Gasteiger partial charge in [-0.3, -0.25) is 14.4 Å². The zero-order valence-corrected chi connectivity index (χ0v) is 14.0. The molecule has 2 aliphatic rings. The van der Waals surface area contributed by atoms with Gasteiger partial charge in [0.25, 0.3) is 11.5 Å². The molecule has 2 aromatic rings. The third-order valence-corrected chi connectivity index (χ3v) is 5.60.